The maximum absolute atomic E-state index is 12.6. The van der Waals surface area contributed by atoms with Gasteiger partial charge in [-0.1, -0.05) is 19.9 Å². The van der Waals surface area contributed by atoms with Gasteiger partial charge in [-0.25, -0.2) is 0 Å². The number of likely N-dealkylation sites (tertiary alicyclic amines) is 1. The molecule has 22 heavy (non-hydrogen) atoms. The molecule has 5 nitrogen and oxygen atoms in total. The fourth-order valence-corrected chi connectivity index (χ4v) is 3.92. The fraction of sp³-hybridized carbons (Fsp3) is 0.647. The lowest BCUT2D eigenvalue weighted by molar-refractivity contribution is -0.135. The van der Waals surface area contributed by atoms with Crippen LogP contribution in [0.5, 0.6) is 0 Å². The number of carbonyl (C=O) groups is 1. The third-order valence-electron chi connectivity index (χ3n) is 4.83. The Hall–Kier alpha value is -1.62. The van der Waals surface area contributed by atoms with Crippen LogP contribution in [-0.4, -0.2) is 34.5 Å². The van der Waals surface area contributed by atoms with Crippen LogP contribution in [0.25, 0.3) is 0 Å². The van der Waals surface area contributed by atoms with Gasteiger partial charge < -0.3 is 15.2 Å². The van der Waals surface area contributed by atoms with E-state index in [1.54, 1.807) is 6.07 Å². The number of pyridine rings is 1. The summed E-state index contributed by atoms with van der Waals surface area (Å²) < 4.78 is 1.88. The smallest absolute Gasteiger partial charge is 0.250 e. The molecular weight excluding hydrogens is 278 g/mol. The first-order valence-electron chi connectivity index (χ1n) is 8.19. The minimum atomic E-state index is -0.406. The summed E-state index contributed by atoms with van der Waals surface area (Å²) in [6, 6.07) is 5.05. The van der Waals surface area contributed by atoms with Gasteiger partial charge in [-0.15, -0.1) is 0 Å². The van der Waals surface area contributed by atoms with Crippen LogP contribution in [0.1, 0.15) is 38.3 Å². The van der Waals surface area contributed by atoms with Gasteiger partial charge in [0.25, 0.3) is 5.56 Å². The van der Waals surface area contributed by atoms with Crippen molar-refractivity contribution < 1.29 is 4.79 Å². The third kappa shape index (κ3) is 2.82. The molecule has 0 aromatic carbocycles. The number of piperidine rings is 1. The molecule has 2 N–H and O–H groups in total. The second kappa shape index (κ2) is 5.88. The van der Waals surface area contributed by atoms with E-state index < -0.39 is 6.04 Å². The van der Waals surface area contributed by atoms with Crippen LogP contribution >= 0.6 is 0 Å². The van der Waals surface area contributed by atoms with Gasteiger partial charge in [-0.3, -0.25) is 9.59 Å². The van der Waals surface area contributed by atoms with Crippen molar-refractivity contribution in [2.75, 3.05) is 13.1 Å². The topological polar surface area (TPSA) is 68.3 Å². The molecule has 3 heterocycles. The standard InChI is InChI=1S/C17H25N3O2/c1-11(2)6-14(18)17(22)19-8-12-7-13(10-19)15-4-3-5-16(21)20(15)9-12/h3-5,11-14H,6-10,18H2,1-2H3/t12-,13-,14+/m0/s1. The minimum absolute atomic E-state index is 0.0649. The molecule has 0 unspecified atom stereocenters. The Morgan fingerprint density at radius 3 is 2.82 bits per heavy atom. The number of carbonyl (C=O) groups excluding carboxylic acids is 1. The Balaban J connectivity index is 1.79. The third-order valence-corrected chi connectivity index (χ3v) is 4.83. The molecule has 0 saturated carbocycles. The summed E-state index contributed by atoms with van der Waals surface area (Å²) >= 11 is 0. The van der Waals surface area contributed by atoms with E-state index >= 15 is 0 Å². The number of fused-ring (bicyclic) bond motifs is 4. The zero-order valence-electron chi connectivity index (χ0n) is 13.4. The highest BCUT2D eigenvalue weighted by atomic mass is 16.2. The fourth-order valence-electron chi connectivity index (χ4n) is 3.92. The van der Waals surface area contributed by atoms with Crippen molar-refractivity contribution >= 4 is 5.91 Å². The zero-order valence-corrected chi connectivity index (χ0v) is 13.4. The van der Waals surface area contributed by atoms with Crippen molar-refractivity contribution in [3.8, 4) is 0 Å². The predicted molar refractivity (Wildman–Crippen MR) is 85.6 cm³/mol. The SMILES string of the molecule is CC(C)C[C@@H](N)C(=O)N1C[C@@H]2C[C@@H](C1)c1cccc(=O)n1C2. The summed E-state index contributed by atoms with van der Waals surface area (Å²) in [7, 11) is 0. The molecule has 3 rings (SSSR count). The lowest BCUT2D eigenvalue weighted by Gasteiger charge is -2.43. The van der Waals surface area contributed by atoms with Crippen LogP contribution in [0.3, 0.4) is 0 Å². The predicted octanol–water partition coefficient (Wildman–Crippen LogP) is 1.17. The molecule has 2 bridgehead atoms. The van der Waals surface area contributed by atoms with E-state index in [9.17, 15) is 9.59 Å². The van der Waals surface area contributed by atoms with Crippen LogP contribution in [0, 0.1) is 11.8 Å². The number of rotatable bonds is 3. The molecule has 1 amide bonds. The van der Waals surface area contributed by atoms with Crippen molar-refractivity contribution in [1.29, 1.82) is 0 Å². The molecule has 0 radical (unpaired) electrons. The number of nitrogens with zero attached hydrogens (tertiary/aromatic N) is 2. The van der Waals surface area contributed by atoms with E-state index in [-0.39, 0.29) is 17.4 Å². The average Bonchev–Trinajstić information content (AvgIpc) is 2.46. The van der Waals surface area contributed by atoms with E-state index in [2.05, 4.69) is 13.8 Å². The van der Waals surface area contributed by atoms with Crippen LogP contribution in [0.4, 0.5) is 0 Å². The molecule has 2 aliphatic heterocycles. The minimum Gasteiger partial charge on any atom is -0.340 e. The second-order valence-electron chi connectivity index (χ2n) is 7.18. The Bertz CT molecular complexity index is 623. The molecule has 1 aromatic heterocycles. The first-order valence-corrected chi connectivity index (χ1v) is 8.19. The summed E-state index contributed by atoms with van der Waals surface area (Å²) in [6.07, 6.45) is 1.79. The van der Waals surface area contributed by atoms with Crippen molar-refractivity contribution in [3.05, 3.63) is 34.2 Å². The summed E-state index contributed by atoms with van der Waals surface area (Å²) in [5, 5.41) is 0. The molecule has 2 aliphatic rings. The molecule has 3 atom stereocenters. The first-order chi connectivity index (χ1) is 10.5. The second-order valence-corrected chi connectivity index (χ2v) is 7.18. The van der Waals surface area contributed by atoms with E-state index in [0.29, 0.717) is 24.9 Å². The van der Waals surface area contributed by atoms with Crippen LogP contribution in [-0.2, 0) is 11.3 Å². The highest BCUT2D eigenvalue weighted by Crippen LogP contribution is 2.35. The van der Waals surface area contributed by atoms with Gasteiger partial charge in [0.15, 0.2) is 0 Å². The molecule has 0 spiro atoms. The van der Waals surface area contributed by atoms with E-state index in [1.807, 2.05) is 21.6 Å². The number of aromatic nitrogens is 1. The Morgan fingerprint density at radius 1 is 1.32 bits per heavy atom. The summed E-state index contributed by atoms with van der Waals surface area (Å²) in [5.74, 6) is 1.11. The number of amides is 1. The van der Waals surface area contributed by atoms with Crippen molar-refractivity contribution in [2.45, 2.75) is 45.2 Å². The van der Waals surface area contributed by atoms with E-state index in [4.69, 9.17) is 5.73 Å². The average molecular weight is 303 g/mol. The molecule has 1 saturated heterocycles. The van der Waals surface area contributed by atoms with E-state index in [1.165, 1.54) is 0 Å². The van der Waals surface area contributed by atoms with Gasteiger partial charge in [0.2, 0.25) is 5.91 Å². The number of hydrogen-bond acceptors (Lipinski definition) is 3. The van der Waals surface area contributed by atoms with Gasteiger partial charge in [-0.05, 0) is 30.7 Å². The largest absolute Gasteiger partial charge is 0.340 e. The van der Waals surface area contributed by atoms with Gasteiger partial charge in [0.1, 0.15) is 0 Å². The Labute approximate surface area is 131 Å². The molecular formula is C17H25N3O2. The molecule has 120 valence electrons. The normalized spacial score (nSPS) is 25.0. The molecule has 0 aliphatic carbocycles. The van der Waals surface area contributed by atoms with Gasteiger partial charge in [0.05, 0.1) is 6.04 Å². The highest BCUT2D eigenvalue weighted by molar-refractivity contribution is 5.81. The van der Waals surface area contributed by atoms with Crippen molar-refractivity contribution in [2.24, 2.45) is 17.6 Å². The maximum atomic E-state index is 12.6. The molecule has 1 aromatic rings. The lowest BCUT2D eigenvalue weighted by Crippen LogP contribution is -2.53. The van der Waals surface area contributed by atoms with Gasteiger partial charge in [0, 0.05) is 37.3 Å². The van der Waals surface area contributed by atoms with Crippen molar-refractivity contribution in [1.82, 2.24) is 9.47 Å². The van der Waals surface area contributed by atoms with Crippen LogP contribution in [0.15, 0.2) is 23.0 Å². The van der Waals surface area contributed by atoms with Crippen molar-refractivity contribution in [3.63, 3.8) is 0 Å². The van der Waals surface area contributed by atoms with Gasteiger partial charge in [-0.2, -0.15) is 0 Å². The Morgan fingerprint density at radius 2 is 2.09 bits per heavy atom. The van der Waals surface area contributed by atoms with Crippen LogP contribution in [0.2, 0.25) is 0 Å². The monoisotopic (exact) mass is 303 g/mol. The number of nitrogens with two attached hydrogens (primary N) is 1. The van der Waals surface area contributed by atoms with Crippen LogP contribution < -0.4 is 11.3 Å². The zero-order chi connectivity index (χ0) is 15.9. The Kier molecular flexibility index (Phi) is 4.08. The molecule has 5 heteroatoms. The molecule has 1 fully saturated rings. The summed E-state index contributed by atoms with van der Waals surface area (Å²) in [4.78, 5) is 26.5. The summed E-state index contributed by atoms with van der Waals surface area (Å²) in [6.45, 7) is 6.29. The van der Waals surface area contributed by atoms with E-state index in [0.717, 1.165) is 25.1 Å². The first kappa shape index (κ1) is 15.3. The quantitative estimate of drug-likeness (QED) is 0.911. The lowest BCUT2D eigenvalue weighted by atomic mass is 9.83. The maximum Gasteiger partial charge on any atom is 0.250 e. The van der Waals surface area contributed by atoms with Gasteiger partial charge >= 0.3 is 0 Å². The highest BCUT2D eigenvalue weighted by Gasteiger charge is 2.37. The summed E-state index contributed by atoms with van der Waals surface area (Å²) in [5.41, 5.74) is 7.21. The number of hydrogen-bond donors (Lipinski definition) is 1.